The quantitative estimate of drug-likeness (QED) is 0.831. The van der Waals surface area contributed by atoms with Gasteiger partial charge < -0.3 is 5.32 Å². The van der Waals surface area contributed by atoms with Gasteiger partial charge in [-0.3, -0.25) is 4.79 Å². The van der Waals surface area contributed by atoms with Gasteiger partial charge in [-0.1, -0.05) is 0 Å². The van der Waals surface area contributed by atoms with Gasteiger partial charge in [0.1, 0.15) is 5.78 Å². The average Bonchev–Trinajstić information content (AvgIpc) is 2.80. The summed E-state index contributed by atoms with van der Waals surface area (Å²) in [5.41, 5.74) is 0. The molecule has 0 amide bonds. The van der Waals surface area contributed by atoms with E-state index in [2.05, 4.69) is 5.32 Å². The fraction of sp³-hybridized carbons (Fsp3) is 0.938. The Kier molecular flexibility index (Phi) is 2.76. The number of carbonyl (C=O) groups excluding carboxylic acids is 1. The highest BCUT2D eigenvalue weighted by Crippen LogP contribution is 2.56. The van der Waals surface area contributed by atoms with Crippen LogP contribution < -0.4 is 5.32 Å². The maximum Gasteiger partial charge on any atom is 0.138 e. The summed E-state index contributed by atoms with van der Waals surface area (Å²) in [7, 11) is 0. The molecule has 100 valence electrons. The van der Waals surface area contributed by atoms with Crippen molar-refractivity contribution < 1.29 is 4.79 Å². The zero-order valence-electron chi connectivity index (χ0n) is 11.2. The maximum absolute atomic E-state index is 12.6. The van der Waals surface area contributed by atoms with E-state index in [1.54, 1.807) is 0 Å². The first kappa shape index (κ1) is 11.5. The van der Waals surface area contributed by atoms with Crippen LogP contribution in [0, 0.1) is 29.6 Å². The van der Waals surface area contributed by atoms with E-state index < -0.39 is 0 Å². The molecule has 0 spiro atoms. The molecule has 1 atom stereocenters. The molecule has 5 rings (SSSR count). The third-order valence-electron chi connectivity index (χ3n) is 6.21. The summed E-state index contributed by atoms with van der Waals surface area (Å²) >= 11 is 0. The number of nitrogens with one attached hydrogen (secondary N) is 1. The third kappa shape index (κ3) is 1.84. The van der Waals surface area contributed by atoms with Crippen molar-refractivity contribution in [3.8, 4) is 0 Å². The van der Waals surface area contributed by atoms with Crippen LogP contribution in [-0.2, 0) is 4.79 Å². The molecule has 1 saturated heterocycles. The van der Waals surface area contributed by atoms with E-state index in [4.69, 9.17) is 0 Å². The molecule has 5 fully saturated rings. The first-order valence-corrected chi connectivity index (χ1v) is 8.05. The average molecular weight is 247 g/mol. The van der Waals surface area contributed by atoms with Crippen molar-refractivity contribution in [2.24, 2.45) is 29.6 Å². The van der Waals surface area contributed by atoms with E-state index in [9.17, 15) is 4.79 Å². The third-order valence-corrected chi connectivity index (χ3v) is 6.21. The molecule has 0 radical (unpaired) electrons. The monoisotopic (exact) mass is 247 g/mol. The molecule has 1 N–H and O–H groups in total. The van der Waals surface area contributed by atoms with Gasteiger partial charge in [-0.05, 0) is 75.2 Å². The van der Waals surface area contributed by atoms with Crippen molar-refractivity contribution in [3.63, 3.8) is 0 Å². The van der Waals surface area contributed by atoms with Crippen LogP contribution in [-0.4, -0.2) is 18.4 Å². The SMILES string of the molecule is O=C(CC1CCCN1)C1C2CC3CC(C2)CC1C3. The van der Waals surface area contributed by atoms with Crippen LogP contribution in [0.15, 0.2) is 0 Å². The number of hydrogen-bond acceptors (Lipinski definition) is 2. The number of ketones is 1. The predicted molar refractivity (Wildman–Crippen MR) is 71.2 cm³/mol. The summed E-state index contributed by atoms with van der Waals surface area (Å²) in [5.74, 6) is 4.59. The van der Waals surface area contributed by atoms with Crippen molar-refractivity contribution >= 4 is 5.78 Å². The van der Waals surface area contributed by atoms with Gasteiger partial charge in [-0.2, -0.15) is 0 Å². The Balaban J connectivity index is 1.45. The van der Waals surface area contributed by atoms with Gasteiger partial charge in [0, 0.05) is 18.4 Å². The Morgan fingerprint density at radius 2 is 1.67 bits per heavy atom. The van der Waals surface area contributed by atoms with Crippen molar-refractivity contribution in [2.75, 3.05) is 6.54 Å². The molecule has 1 aliphatic heterocycles. The van der Waals surface area contributed by atoms with Crippen molar-refractivity contribution in [2.45, 2.75) is 57.4 Å². The summed E-state index contributed by atoms with van der Waals surface area (Å²) in [6.45, 7) is 1.12. The molecular weight excluding hydrogens is 222 g/mol. The summed E-state index contributed by atoms with van der Waals surface area (Å²) in [4.78, 5) is 12.6. The molecule has 5 aliphatic rings. The summed E-state index contributed by atoms with van der Waals surface area (Å²) < 4.78 is 0. The van der Waals surface area contributed by atoms with Crippen LogP contribution in [0.4, 0.5) is 0 Å². The molecule has 0 aromatic heterocycles. The second-order valence-electron chi connectivity index (χ2n) is 7.42. The molecule has 4 bridgehead atoms. The Morgan fingerprint density at radius 3 is 2.22 bits per heavy atom. The lowest BCUT2D eigenvalue weighted by Gasteiger charge is -2.54. The molecule has 4 aliphatic carbocycles. The Morgan fingerprint density at radius 1 is 1.00 bits per heavy atom. The fourth-order valence-corrected chi connectivity index (χ4v) is 5.76. The second kappa shape index (κ2) is 4.33. The normalized spacial score (nSPS) is 49.8. The van der Waals surface area contributed by atoms with Crippen molar-refractivity contribution in [1.82, 2.24) is 5.32 Å². The fourth-order valence-electron chi connectivity index (χ4n) is 5.76. The molecular formula is C16H25NO. The van der Waals surface area contributed by atoms with Crippen LogP contribution in [0.3, 0.4) is 0 Å². The lowest BCUT2D eigenvalue weighted by atomic mass is 9.51. The summed E-state index contributed by atoms with van der Waals surface area (Å²) in [6, 6.07) is 0.509. The lowest BCUT2D eigenvalue weighted by Crippen LogP contribution is -2.48. The predicted octanol–water partition coefficient (Wildman–Crippen LogP) is 2.77. The highest BCUT2D eigenvalue weighted by molar-refractivity contribution is 5.82. The maximum atomic E-state index is 12.6. The minimum absolute atomic E-state index is 0.459. The zero-order chi connectivity index (χ0) is 12.1. The first-order chi connectivity index (χ1) is 8.79. The molecule has 0 aromatic rings. The molecule has 18 heavy (non-hydrogen) atoms. The van der Waals surface area contributed by atoms with E-state index >= 15 is 0 Å². The first-order valence-electron chi connectivity index (χ1n) is 8.05. The topological polar surface area (TPSA) is 29.1 Å². The van der Waals surface area contributed by atoms with E-state index in [0.717, 1.165) is 36.6 Å². The number of Topliss-reactive ketones (excluding diaryl/α,β-unsaturated/α-hetero) is 1. The van der Waals surface area contributed by atoms with Crippen LogP contribution in [0.5, 0.6) is 0 Å². The smallest absolute Gasteiger partial charge is 0.138 e. The van der Waals surface area contributed by atoms with Gasteiger partial charge in [0.25, 0.3) is 0 Å². The van der Waals surface area contributed by atoms with Gasteiger partial charge in [-0.15, -0.1) is 0 Å². The van der Waals surface area contributed by atoms with Gasteiger partial charge in [0.05, 0.1) is 0 Å². The number of rotatable bonds is 3. The van der Waals surface area contributed by atoms with Crippen LogP contribution in [0.25, 0.3) is 0 Å². The highest BCUT2D eigenvalue weighted by atomic mass is 16.1. The van der Waals surface area contributed by atoms with Crippen LogP contribution >= 0.6 is 0 Å². The minimum Gasteiger partial charge on any atom is -0.314 e. The standard InChI is InChI=1S/C16H25NO/c18-15(9-14-2-1-3-17-14)16-12-5-10-4-11(7-12)8-13(16)6-10/h10-14,16-17H,1-9H2. The van der Waals surface area contributed by atoms with E-state index in [1.165, 1.54) is 44.9 Å². The van der Waals surface area contributed by atoms with Gasteiger partial charge in [-0.25, -0.2) is 0 Å². The zero-order valence-corrected chi connectivity index (χ0v) is 11.2. The summed E-state index contributed by atoms with van der Waals surface area (Å²) in [5, 5.41) is 3.49. The minimum atomic E-state index is 0.459. The number of carbonyl (C=O) groups is 1. The molecule has 2 heteroatoms. The largest absolute Gasteiger partial charge is 0.314 e. The number of hydrogen-bond donors (Lipinski definition) is 1. The molecule has 1 heterocycles. The molecule has 0 aromatic carbocycles. The summed E-state index contributed by atoms with van der Waals surface area (Å²) in [6.07, 6.45) is 10.3. The molecule has 1 unspecified atom stereocenters. The van der Waals surface area contributed by atoms with Gasteiger partial charge >= 0.3 is 0 Å². The molecule has 4 saturated carbocycles. The van der Waals surface area contributed by atoms with E-state index in [0.29, 0.717) is 17.7 Å². The van der Waals surface area contributed by atoms with Crippen LogP contribution in [0.2, 0.25) is 0 Å². The van der Waals surface area contributed by atoms with Crippen molar-refractivity contribution in [3.05, 3.63) is 0 Å². The highest BCUT2D eigenvalue weighted by Gasteiger charge is 2.50. The van der Waals surface area contributed by atoms with E-state index in [1.807, 2.05) is 0 Å². The Labute approximate surface area is 110 Å². The van der Waals surface area contributed by atoms with Crippen LogP contribution in [0.1, 0.15) is 51.4 Å². The van der Waals surface area contributed by atoms with Crippen molar-refractivity contribution in [1.29, 1.82) is 0 Å². The lowest BCUT2D eigenvalue weighted by molar-refractivity contribution is -0.136. The Bertz CT molecular complexity index is 317. The second-order valence-corrected chi connectivity index (χ2v) is 7.42. The molecule has 2 nitrogen and oxygen atoms in total. The van der Waals surface area contributed by atoms with Gasteiger partial charge in [0.2, 0.25) is 0 Å². The van der Waals surface area contributed by atoms with Gasteiger partial charge in [0.15, 0.2) is 0 Å². The Hall–Kier alpha value is -0.370. The van der Waals surface area contributed by atoms with E-state index in [-0.39, 0.29) is 0 Å².